The van der Waals surface area contributed by atoms with Crippen molar-refractivity contribution in [3.8, 4) is 0 Å². The summed E-state index contributed by atoms with van der Waals surface area (Å²) in [5.41, 5.74) is 0. The van der Waals surface area contributed by atoms with Crippen LogP contribution in [0.3, 0.4) is 0 Å². The molecular weight excluding hydrogens is 486 g/mol. The molecule has 116 valence electrons. The fraction of sp³-hybridized carbons (Fsp3) is 1.00. The first kappa shape index (κ1) is 20.6. The van der Waals surface area contributed by atoms with Crippen LogP contribution < -0.4 is 0 Å². The van der Waals surface area contributed by atoms with Gasteiger partial charge < -0.3 is 14.3 Å². The molecule has 1 fully saturated rings. The molecule has 1 N–H and O–H groups in total. The largest absolute Gasteiger partial charge is 0.411 e. The van der Waals surface area contributed by atoms with Crippen LogP contribution in [0.1, 0.15) is 34.6 Å². The van der Waals surface area contributed by atoms with Crippen molar-refractivity contribution in [2.24, 2.45) is 5.92 Å². The van der Waals surface area contributed by atoms with Crippen molar-refractivity contribution in [3.05, 3.63) is 0 Å². The molecule has 6 heteroatoms. The van der Waals surface area contributed by atoms with E-state index in [0.717, 1.165) is 0 Å². The van der Waals surface area contributed by atoms with Gasteiger partial charge in [-0.1, -0.05) is 27.7 Å². The van der Waals surface area contributed by atoms with Gasteiger partial charge in [-0.3, -0.25) is 0 Å². The Labute approximate surface area is 142 Å². The van der Waals surface area contributed by atoms with Gasteiger partial charge in [0.25, 0.3) is 0 Å². The van der Waals surface area contributed by atoms with Gasteiger partial charge in [0.15, 0.2) is 8.32 Å². The lowest BCUT2D eigenvalue weighted by Gasteiger charge is -2.40. The molecule has 1 rings (SSSR count). The summed E-state index contributed by atoms with van der Waals surface area (Å²) in [6, 6.07) is 0. The minimum atomic E-state index is -1.79. The number of aliphatic hydroxyl groups is 1. The number of rotatable bonds is 3. The van der Waals surface area contributed by atoms with Gasteiger partial charge in [0.1, 0.15) is 6.10 Å². The summed E-state index contributed by atoms with van der Waals surface area (Å²) in [6.07, 6.45) is 0.0481. The van der Waals surface area contributed by atoms with Crippen molar-refractivity contribution >= 4 is 45.5 Å². The van der Waals surface area contributed by atoms with E-state index in [2.05, 4.69) is 84.9 Å². The third kappa shape index (κ3) is 5.35. The number of halogens is 2. The van der Waals surface area contributed by atoms with Crippen molar-refractivity contribution in [1.29, 1.82) is 0 Å². The Hall–Kier alpha value is 1.56. The quantitative estimate of drug-likeness (QED) is 0.444. The summed E-state index contributed by atoms with van der Waals surface area (Å²) < 4.78 is 12.1. The van der Waals surface area contributed by atoms with Crippen LogP contribution in [-0.2, 0) is 9.16 Å². The standard InChI is InChI=1S/C13H28O3Si.I2/c1-9-10(2)15-11(8-14)12(9)16-17(6,7)13(3,4)5;1-2/h9-12,14H,8H2,1-7H3;/t9?,10-,11+,12+;/m0./s1. The van der Waals surface area contributed by atoms with E-state index in [1.165, 1.54) is 0 Å². The maximum atomic E-state index is 9.38. The molecule has 4 atom stereocenters. The van der Waals surface area contributed by atoms with Crippen LogP contribution in [0.15, 0.2) is 0 Å². The third-order valence-electron chi connectivity index (χ3n) is 4.43. The highest BCUT2D eigenvalue weighted by Gasteiger charge is 2.46. The molecule has 19 heavy (non-hydrogen) atoms. The highest BCUT2D eigenvalue weighted by atomic mass is 128. The van der Waals surface area contributed by atoms with E-state index in [9.17, 15) is 5.11 Å². The Morgan fingerprint density at radius 2 is 1.68 bits per heavy atom. The van der Waals surface area contributed by atoms with E-state index in [0.29, 0.717) is 5.92 Å². The fourth-order valence-corrected chi connectivity index (χ4v) is 3.33. The Morgan fingerprint density at radius 3 is 2.05 bits per heavy atom. The normalized spacial score (nSPS) is 31.9. The third-order valence-corrected chi connectivity index (χ3v) is 8.91. The first-order valence-corrected chi connectivity index (χ1v) is 15.9. The molecule has 1 aliphatic heterocycles. The Kier molecular flexibility index (Phi) is 8.93. The molecular formula is C13H28I2O3Si. The molecule has 1 aliphatic rings. The summed E-state index contributed by atoms with van der Waals surface area (Å²) in [4.78, 5) is 0. The van der Waals surface area contributed by atoms with Crippen LogP contribution in [0.2, 0.25) is 18.1 Å². The lowest BCUT2D eigenvalue weighted by molar-refractivity contribution is -0.0138. The average Bonchev–Trinajstić information content (AvgIpc) is 2.57. The lowest BCUT2D eigenvalue weighted by Crippen LogP contribution is -2.48. The minimum absolute atomic E-state index is 0.0379. The summed E-state index contributed by atoms with van der Waals surface area (Å²) >= 11 is 4.24. The number of hydrogen-bond acceptors (Lipinski definition) is 3. The number of ether oxygens (including phenoxy) is 1. The Morgan fingerprint density at radius 1 is 1.21 bits per heavy atom. The molecule has 0 aromatic carbocycles. The van der Waals surface area contributed by atoms with Crippen LogP contribution in [0.4, 0.5) is 0 Å². The van der Waals surface area contributed by atoms with Gasteiger partial charge in [0, 0.05) is 43.1 Å². The van der Waals surface area contributed by atoms with Gasteiger partial charge in [-0.05, 0) is 25.1 Å². The van der Waals surface area contributed by atoms with E-state index in [1.807, 2.05) is 0 Å². The van der Waals surface area contributed by atoms with Crippen molar-refractivity contribution in [3.63, 3.8) is 0 Å². The molecule has 0 aromatic rings. The maximum Gasteiger partial charge on any atom is 0.192 e. The zero-order chi connectivity index (χ0) is 15.4. The van der Waals surface area contributed by atoms with Crippen molar-refractivity contribution in [2.75, 3.05) is 6.61 Å². The van der Waals surface area contributed by atoms with Gasteiger partial charge in [-0.2, -0.15) is 0 Å². The molecule has 1 heterocycles. The molecule has 3 nitrogen and oxygen atoms in total. The molecule has 0 aliphatic carbocycles. The van der Waals surface area contributed by atoms with Crippen molar-refractivity contribution in [2.45, 2.75) is 71.1 Å². The minimum Gasteiger partial charge on any atom is -0.411 e. The molecule has 0 aromatic heterocycles. The summed E-state index contributed by atoms with van der Waals surface area (Å²) in [5.74, 6) is 0.348. The van der Waals surface area contributed by atoms with Crippen LogP contribution in [0.5, 0.6) is 0 Å². The van der Waals surface area contributed by atoms with Crippen LogP contribution >= 0.6 is 37.2 Å². The molecule has 0 bridgehead atoms. The first-order chi connectivity index (χ1) is 8.60. The molecule has 0 amide bonds. The van der Waals surface area contributed by atoms with E-state index in [4.69, 9.17) is 9.16 Å². The molecule has 0 saturated carbocycles. The van der Waals surface area contributed by atoms with Crippen LogP contribution in [0.25, 0.3) is 0 Å². The average molecular weight is 514 g/mol. The molecule has 0 spiro atoms. The number of aliphatic hydroxyl groups excluding tert-OH is 1. The van der Waals surface area contributed by atoms with Crippen molar-refractivity contribution in [1.82, 2.24) is 0 Å². The molecule has 1 unspecified atom stereocenters. The summed E-state index contributed by atoms with van der Waals surface area (Å²) in [6.45, 7) is 15.5. The maximum absolute atomic E-state index is 9.38. The van der Waals surface area contributed by atoms with Gasteiger partial charge in [-0.25, -0.2) is 0 Å². The Bertz CT molecular complexity index is 269. The predicted molar refractivity (Wildman–Crippen MR) is 101 cm³/mol. The van der Waals surface area contributed by atoms with Gasteiger partial charge >= 0.3 is 0 Å². The Balaban J connectivity index is 0.00000154. The van der Waals surface area contributed by atoms with E-state index < -0.39 is 8.32 Å². The zero-order valence-corrected chi connectivity index (χ0v) is 18.4. The summed E-state index contributed by atoms with van der Waals surface area (Å²) in [7, 11) is -1.79. The lowest BCUT2D eigenvalue weighted by atomic mass is 10.00. The smallest absolute Gasteiger partial charge is 0.192 e. The van der Waals surface area contributed by atoms with Crippen molar-refractivity contribution < 1.29 is 14.3 Å². The topological polar surface area (TPSA) is 38.7 Å². The highest BCUT2D eigenvalue weighted by molar-refractivity contribution is 15.0. The van der Waals surface area contributed by atoms with E-state index in [1.54, 1.807) is 0 Å². The zero-order valence-electron chi connectivity index (χ0n) is 13.0. The second-order valence-corrected chi connectivity index (χ2v) is 11.5. The second-order valence-electron chi connectivity index (χ2n) is 6.76. The van der Waals surface area contributed by atoms with Gasteiger partial charge in [0.05, 0.1) is 18.8 Å². The predicted octanol–water partition coefficient (Wildman–Crippen LogP) is 4.56. The van der Waals surface area contributed by atoms with Gasteiger partial charge in [0.2, 0.25) is 0 Å². The number of hydrogen-bond donors (Lipinski definition) is 1. The fourth-order valence-electron chi connectivity index (χ4n) is 1.93. The second kappa shape index (κ2) is 8.26. The monoisotopic (exact) mass is 514 g/mol. The van der Waals surface area contributed by atoms with Crippen LogP contribution in [0, 0.1) is 5.92 Å². The SMILES string of the molecule is CC1[C@H](C)O[C@H](CO)[C@@H]1O[Si](C)(C)C(C)(C)C.II. The first-order valence-electron chi connectivity index (χ1n) is 6.68. The van der Waals surface area contributed by atoms with Crippen LogP contribution in [-0.4, -0.2) is 38.3 Å². The van der Waals surface area contributed by atoms with E-state index >= 15 is 0 Å². The molecule has 1 saturated heterocycles. The van der Waals surface area contributed by atoms with Gasteiger partial charge in [-0.15, -0.1) is 0 Å². The summed E-state index contributed by atoms with van der Waals surface area (Å²) in [5, 5.41) is 9.58. The molecule has 0 radical (unpaired) electrons. The highest BCUT2D eigenvalue weighted by Crippen LogP contribution is 2.40. The van der Waals surface area contributed by atoms with E-state index in [-0.39, 0.29) is 30.0 Å².